The van der Waals surface area contributed by atoms with E-state index >= 15 is 0 Å². The van der Waals surface area contributed by atoms with Crippen LogP contribution in [0.2, 0.25) is 0 Å². The van der Waals surface area contributed by atoms with Gasteiger partial charge >= 0.3 is 14.8 Å². The lowest BCUT2D eigenvalue weighted by Gasteiger charge is -2.04. The summed E-state index contributed by atoms with van der Waals surface area (Å²) in [4.78, 5) is 0. The second kappa shape index (κ2) is 8.48. The molecule has 0 N–H and O–H groups in total. The standard InChI is InChI=1S/C14H14B2F4I2N4/c1-7-11(25(15(17)18)9(3)13(7)21)5-23-24-6-12-8(2)14(22)10(4)26(12)16(19)20/h5-6H,1-4H3/b23-5+,24-6+. The topological polar surface area (TPSA) is 34.6 Å². The second-order valence-electron chi connectivity index (χ2n) is 5.60. The summed E-state index contributed by atoms with van der Waals surface area (Å²) in [5.74, 6) is 0. The van der Waals surface area contributed by atoms with Gasteiger partial charge in [0.05, 0.1) is 23.8 Å². The highest BCUT2D eigenvalue weighted by atomic mass is 127. The van der Waals surface area contributed by atoms with E-state index in [9.17, 15) is 17.3 Å². The fraction of sp³-hybridized carbons (Fsp3) is 0.286. The smallest absolute Gasteiger partial charge is 0.327 e. The number of nitrogens with zero attached hydrogens (tertiary/aromatic N) is 4. The van der Waals surface area contributed by atoms with Crippen molar-refractivity contribution in [2.24, 2.45) is 10.2 Å². The van der Waals surface area contributed by atoms with Crippen molar-refractivity contribution in [1.29, 1.82) is 0 Å². The molecule has 0 fully saturated rings. The molecule has 2 aromatic heterocycles. The summed E-state index contributed by atoms with van der Waals surface area (Å²) in [5, 5.41) is 7.60. The monoisotopic (exact) mass is 590 g/mol. The molecule has 138 valence electrons. The van der Waals surface area contributed by atoms with Crippen LogP contribution in [0, 0.1) is 34.8 Å². The van der Waals surface area contributed by atoms with E-state index in [4.69, 9.17) is 0 Å². The molecule has 0 radical (unpaired) electrons. The van der Waals surface area contributed by atoms with Crippen LogP contribution >= 0.6 is 45.2 Å². The molecule has 0 amide bonds. The van der Waals surface area contributed by atoms with Crippen LogP contribution in [0.5, 0.6) is 0 Å². The van der Waals surface area contributed by atoms with E-state index in [0.717, 1.165) is 16.1 Å². The number of hydrogen-bond acceptors (Lipinski definition) is 2. The zero-order valence-corrected chi connectivity index (χ0v) is 18.7. The average Bonchev–Trinajstić information content (AvgIpc) is 2.91. The van der Waals surface area contributed by atoms with Crippen LogP contribution in [0.15, 0.2) is 10.2 Å². The summed E-state index contributed by atoms with van der Waals surface area (Å²) in [6, 6.07) is 0. The van der Waals surface area contributed by atoms with Crippen molar-refractivity contribution >= 4 is 72.4 Å². The zero-order chi connectivity index (χ0) is 19.8. The van der Waals surface area contributed by atoms with Gasteiger partial charge in [0, 0.05) is 18.5 Å². The van der Waals surface area contributed by atoms with Crippen LogP contribution in [0.1, 0.15) is 33.9 Å². The Kier molecular flexibility index (Phi) is 7.02. The minimum atomic E-state index is -2.70. The van der Waals surface area contributed by atoms with Gasteiger partial charge in [-0.1, -0.05) is 0 Å². The minimum absolute atomic E-state index is 0.241. The summed E-state index contributed by atoms with van der Waals surface area (Å²) in [6.45, 7) is 6.64. The Balaban J connectivity index is 2.39. The molecule has 2 aromatic rings. The zero-order valence-electron chi connectivity index (χ0n) is 14.4. The van der Waals surface area contributed by atoms with Crippen LogP contribution < -0.4 is 0 Å². The Bertz CT molecular complexity index is 818. The maximum atomic E-state index is 13.3. The molecule has 0 saturated heterocycles. The lowest BCUT2D eigenvalue weighted by molar-refractivity contribution is 0.623. The molecule has 0 saturated carbocycles. The first-order valence-corrected chi connectivity index (χ1v) is 9.61. The second-order valence-corrected chi connectivity index (χ2v) is 7.76. The summed E-state index contributed by atoms with van der Waals surface area (Å²) >= 11 is 4.00. The molecule has 0 aliphatic heterocycles. The predicted octanol–water partition coefficient (Wildman–Crippen LogP) is 4.73. The maximum Gasteiger partial charge on any atom is 0.677 e. The summed E-state index contributed by atoms with van der Waals surface area (Å²) in [7, 11) is -5.41. The first-order chi connectivity index (χ1) is 12.1. The van der Waals surface area contributed by atoms with Crippen LogP contribution in [-0.4, -0.2) is 36.2 Å². The summed E-state index contributed by atoms with van der Waals surface area (Å²) in [6.07, 6.45) is 2.44. The number of aromatic nitrogens is 2. The molecule has 0 aliphatic rings. The molecule has 2 heterocycles. The Morgan fingerprint density at radius 1 is 0.731 bits per heavy atom. The van der Waals surface area contributed by atoms with E-state index in [2.05, 4.69) is 10.2 Å². The number of rotatable bonds is 5. The summed E-state index contributed by atoms with van der Waals surface area (Å²) in [5.41, 5.74) is 2.70. The molecule has 0 aliphatic carbocycles. The van der Waals surface area contributed by atoms with Gasteiger partial charge in [0.15, 0.2) is 0 Å². The summed E-state index contributed by atoms with van der Waals surface area (Å²) < 4.78 is 56.3. The van der Waals surface area contributed by atoms with E-state index < -0.39 is 14.8 Å². The van der Waals surface area contributed by atoms with Gasteiger partial charge in [-0.15, -0.1) is 0 Å². The lowest BCUT2D eigenvalue weighted by atomic mass is 10.2. The highest BCUT2D eigenvalue weighted by molar-refractivity contribution is 14.1. The Morgan fingerprint density at radius 2 is 1.04 bits per heavy atom. The average molecular weight is 590 g/mol. The van der Waals surface area contributed by atoms with Gasteiger partial charge in [-0.2, -0.15) is 10.2 Å². The SMILES string of the molecule is Cc1c(I)c(C)n(B(F)F)c1/C=N/N=C/c1c(C)c(I)c(C)n1B(F)F. The van der Waals surface area contributed by atoms with E-state index in [1.807, 2.05) is 45.2 Å². The molecular formula is C14H14B2F4I2N4. The van der Waals surface area contributed by atoms with Gasteiger partial charge in [-0.05, 0) is 84.0 Å². The number of hydrogen-bond donors (Lipinski definition) is 0. The Labute approximate surface area is 176 Å². The molecule has 0 aromatic carbocycles. The molecule has 0 atom stereocenters. The lowest BCUT2D eigenvalue weighted by Crippen LogP contribution is -2.18. The third kappa shape index (κ3) is 3.90. The van der Waals surface area contributed by atoms with E-state index in [-0.39, 0.29) is 11.4 Å². The van der Waals surface area contributed by atoms with Crippen molar-refractivity contribution < 1.29 is 17.3 Å². The van der Waals surface area contributed by atoms with Crippen molar-refractivity contribution in [2.45, 2.75) is 27.7 Å². The fourth-order valence-electron chi connectivity index (χ4n) is 2.70. The van der Waals surface area contributed by atoms with E-state index in [0.29, 0.717) is 22.5 Å². The molecule has 12 heteroatoms. The van der Waals surface area contributed by atoms with Crippen molar-refractivity contribution in [2.75, 3.05) is 0 Å². The maximum absolute atomic E-state index is 13.3. The van der Waals surface area contributed by atoms with E-state index in [1.54, 1.807) is 27.7 Å². The fourth-order valence-corrected chi connectivity index (χ4v) is 3.77. The van der Waals surface area contributed by atoms with Gasteiger partial charge in [-0.25, -0.2) is 0 Å². The minimum Gasteiger partial charge on any atom is -0.327 e. The molecule has 0 bridgehead atoms. The third-order valence-electron chi connectivity index (χ3n) is 4.12. The van der Waals surface area contributed by atoms with Crippen molar-refractivity contribution in [3.63, 3.8) is 0 Å². The first kappa shape index (κ1) is 21.5. The van der Waals surface area contributed by atoms with Crippen LogP contribution in [0.3, 0.4) is 0 Å². The highest BCUT2D eigenvalue weighted by Gasteiger charge is 2.27. The van der Waals surface area contributed by atoms with E-state index in [1.165, 1.54) is 12.4 Å². The molecule has 0 spiro atoms. The van der Waals surface area contributed by atoms with Gasteiger partial charge in [-0.3, -0.25) is 17.3 Å². The molecule has 4 nitrogen and oxygen atoms in total. The van der Waals surface area contributed by atoms with Crippen molar-refractivity contribution in [1.82, 2.24) is 8.96 Å². The van der Waals surface area contributed by atoms with Gasteiger partial charge in [0.1, 0.15) is 0 Å². The number of halogens is 6. The Hall–Kier alpha value is -0.790. The first-order valence-electron chi connectivity index (χ1n) is 7.46. The van der Waals surface area contributed by atoms with Gasteiger partial charge in [0.2, 0.25) is 0 Å². The molecule has 2 rings (SSSR count). The van der Waals surface area contributed by atoms with Gasteiger partial charge in [0.25, 0.3) is 0 Å². The Morgan fingerprint density at radius 3 is 1.31 bits per heavy atom. The molecule has 26 heavy (non-hydrogen) atoms. The predicted molar refractivity (Wildman–Crippen MR) is 115 cm³/mol. The van der Waals surface area contributed by atoms with Crippen LogP contribution in [-0.2, 0) is 0 Å². The van der Waals surface area contributed by atoms with Crippen molar-refractivity contribution in [3.05, 3.63) is 41.0 Å². The quantitative estimate of drug-likeness (QED) is 0.159. The van der Waals surface area contributed by atoms with Gasteiger partial charge < -0.3 is 8.96 Å². The van der Waals surface area contributed by atoms with Crippen LogP contribution in [0.4, 0.5) is 17.3 Å². The third-order valence-corrected chi connectivity index (χ3v) is 7.30. The largest absolute Gasteiger partial charge is 0.677 e. The molecular weight excluding hydrogens is 576 g/mol. The van der Waals surface area contributed by atoms with Crippen molar-refractivity contribution in [3.8, 4) is 0 Å². The highest BCUT2D eigenvalue weighted by Crippen LogP contribution is 2.25. The normalized spacial score (nSPS) is 11.9. The molecule has 0 unspecified atom stereocenters. The van der Waals surface area contributed by atoms with Crippen LogP contribution in [0.25, 0.3) is 0 Å².